The standard InChI is InChI=1S/C16H26N4O2/c1-18-11-13(10-17-18)5-8-20-12-14(22-2)9-15(20)16(21)19-6-3-4-7-19/h10-11,14-15H,3-9,12H2,1-2H3/t14-,15-/m0/s1. The van der Waals surface area contributed by atoms with Crippen molar-refractivity contribution in [1.82, 2.24) is 19.6 Å². The molecule has 0 N–H and O–H groups in total. The minimum atomic E-state index is -0.0141. The molecule has 0 unspecified atom stereocenters. The van der Waals surface area contributed by atoms with Crippen LogP contribution in [0, 0.1) is 0 Å². The molecule has 0 bridgehead atoms. The van der Waals surface area contributed by atoms with Crippen LogP contribution in [0.2, 0.25) is 0 Å². The van der Waals surface area contributed by atoms with E-state index in [9.17, 15) is 4.79 Å². The SMILES string of the molecule is CO[C@H]1C[C@@H](C(=O)N2CCCC2)N(CCc2cnn(C)c2)C1. The lowest BCUT2D eigenvalue weighted by molar-refractivity contribution is -0.134. The molecule has 2 saturated heterocycles. The van der Waals surface area contributed by atoms with E-state index in [1.807, 2.05) is 29.0 Å². The van der Waals surface area contributed by atoms with Gasteiger partial charge in [0.1, 0.15) is 0 Å². The van der Waals surface area contributed by atoms with E-state index in [1.54, 1.807) is 7.11 Å². The summed E-state index contributed by atoms with van der Waals surface area (Å²) in [5.74, 6) is 0.295. The van der Waals surface area contributed by atoms with Gasteiger partial charge in [0.25, 0.3) is 0 Å². The molecule has 2 aliphatic rings. The first-order valence-electron chi connectivity index (χ1n) is 8.20. The molecule has 122 valence electrons. The van der Waals surface area contributed by atoms with Crippen molar-refractivity contribution < 1.29 is 9.53 Å². The zero-order chi connectivity index (χ0) is 15.5. The average Bonchev–Trinajstić information content (AvgIpc) is 3.25. The average molecular weight is 306 g/mol. The summed E-state index contributed by atoms with van der Waals surface area (Å²) in [6.07, 6.45) is 8.14. The molecular weight excluding hydrogens is 280 g/mol. The van der Waals surface area contributed by atoms with Crippen molar-refractivity contribution in [3.8, 4) is 0 Å². The van der Waals surface area contributed by atoms with Crippen LogP contribution in [0.1, 0.15) is 24.8 Å². The van der Waals surface area contributed by atoms with Crippen molar-refractivity contribution in [2.75, 3.05) is 33.3 Å². The first-order valence-corrected chi connectivity index (χ1v) is 8.20. The Hall–Kier alpha value is -1.40. The number of likely N-dealkylation sites (tertiary alicyclic amines) is 2. The molecule has 0 radical (unpaired) electrons. The molecule has 0 spiro atoms. The molecule has 1 aromatic heterocycles. The van der Waals surface area contributed by atoms with E-state index in [-0.39, 0.29) is 12.1 Å². The van der Waals surface area contributed by atoms with Gasteiger partial charge in [-0.15, -0.1) is 0 Å². The fraction of sp³-hybridized carbons (Fsp3) is 0.750. The van der Waals surface area contributed by atoms with E-state index in [2.05, 4.69) is 10.00 Å². The third kappa shape index (κ3) is 3.33. The number of aromatic nitrogens is 2. The fourth-order valence-electron chi connectivity index (χ4n) is 3.56. The number of amides is 1. The summed E-state index contributed by atoms with van der Waals surface area (Å²) in [5, 5.41) is 4.21. The van der Waals surface area contributed by atoms with Crippen LogP contribution in [0.3, 0.4) is 0 Å². The number of nitrogens with zero attached hydrogens (tertiary/aromatic N) is 4. The van der Waals surface area contributed by atoms with Crippen molar-refractivity contribution in [3.05, 3.63) is 18.0 Å². The molecule has 0 aromatic carbocycles. The molecule has 0 saturated carbocycles. The van der Waals surface area contributed by atoms with E-state index in [4.69, 9.17) is 4.74 Å². The molecule has 0 aliphatic carbocycles. The quantitative estimate of drug-likeness (QED) is 0.802. The van der Waals surface area contributed by atoms with Crippen LogP contribution in [0.5, 0.6) is 0 Å². The summed E-state index contributed by atoms with van der Waals surface area (Å²) >= 11 is 0. The van der Waals surface area contributed by atoms with Crippen LogP contribution in [-0.4, -0.2) is 70.9 Å². The van der Waals surface area contributed by atoms with E-state index in [0.29, 0.717) is 5.91 Å². The Balaban J connectivity index is 1.62. The molecule has 3 rings (SSSR count). The number of carbonyl (C=O) groups excluding carboxylic acids is 1. The maximum Gasteiger partial charge on any atom is 0.240 e. The van der Waals surface area contributed by atoms with E-state index in [0.717, 1.165) is 51.9 Å². The monoisotopic (exact) mass is 306 g/mol. The summed E-state index contributed by atoms with van der Waals surface area (Å²) in [6, 6.07) is -0.0141. The highest BCUT2D eigenvalue weighted by atomic mass is 16.5. The number of carbonyl (C=O) groups is 1. The van der Waals surface area contributed by atoms with Crippen molar-refractivity contribution >= 4 is 5.91 Å². The lowest BCUT2D eigenvalue weighted by atomic mass is 10.1. The van der Waals surface area contributed by atoms with Crippen LogP contribution >= 0.6 is 0 Å². The molecular formula is C16H26N4O2. The van der Waals surface area contributed by atoms with Crippen LogP contribution in [0.15, 0.2) is 12.4 Å². The number of aryl methyl sites for hydroxylation is 1. The van der Waals surface area contributed by atoms with Gasteiger partial charge in [-0.25, -0.2) is 0 Å². The summed E-state index contributed by atoms with van der Waals surface area (Å²) < 4.78 is 7.34. The lowest BCUT2D eigenvalue weighted by Gasteiger charge is -2.27. The van der Waals surface area contributed by atoms with Gasteiger partial charge in [-0.05, 0) is 31.2 Å². The fourth-order valence-corrected chi connectivity index (χ4v) is 3.56. The Kier molecular flexibility index (Phi) is 4.78. The van der Waals surface area contributed by atoms with Crippen LogP contribution in [-0.2, 0) is 23.0 Å². The Morgan fingerprint density at radius 1 is 1.41 bits per heavy atom. The second kappa shape index (κ2) is 6.79. The first-order chi connectivity index (χ1) is 10.7. The molecule has 2 fully saturated rings. The number of ether oxygens (including phenoxy) is 1. The zero-order valence-electron chi connectivity index (χ0n) is 13.6. The smallest absolute Gasteiger partial charge is 0.240 e. The number of rotatable bonds is 5. The topological polar surface area (TPSA) is 50.6 Å². The number of hydrogen-bond donors (Lipinski definition) is 0. The molecule has 2 atom stereocenters. The van der Waals surface area contributed by atoms with E-state index in [1.165, 1.54) is 5.56 Å². The van der Waals surface area contributed by atoms with Gasteiger partial charge in [0, 0.05) is 46.5 Å². The van der Waals surface area contributed by atoms with Gasteiger partial charge in [0.15, 0.2) is 0 Å². The maximum absolute atomic E-state index is 12.7. The third-order valence-corrected chi connectivity index (χ3v) is 4.85. The summed E-state index contributed by atoms with van der Waals surface area (Å²) in [4.78, 5) is 17.1. The Bertz CT molecular complexity index is 510. The second-order valence-electron chi connectivity index (χ2n) is 6.41. The highest BCUT2D eigenvalue weighted by Gasteiger charge is 2.39. The molecule has 1 aromatic rings. The summed E-state index contributed by atoms with van der Waals surface area (Å²) in [5.41, 5.74) is 1.22. The zero-order valence-corrected chi connectivity index (χ0v) is 13.6. The molecule has 22 heavy (non-hydrogen) atoms. The Morgan fingerprint density at radius 2 is 2.18 bits per heavy atom. The Labute approximate surface area is 132 Å². The highest BCUT2D eigenvalue weighted by molar-refractivity contribution is 5.82. The highest BCUT2D eigenvalue weighted by Crippen LogP contribution is 2.23. The predicted octanol–water partition coefficient (Wildman–Crippen LogP) is 0.674. The minimum Gasteiger partial charge on any atom is -0.380 e. The van der Waals surface area contributed by atoms with Gasteiger partial charge >= 0.3 is 0 Å². The molecule has 3 heterocycles. The van der Waals surface area contributed by atoms with Gasteiger partial charge in [-0.1, -0.05) is 0 Å². The minimum absolute atomic E-state index is 0.0141. The van der Waals surface area contributed by atoms with Crippen molar-refractivity contribution in [2.24, 2.45) is 7.05 Å². The number of hydrogen-bond acceptors (Lipinski definition) is 4. The van der Waals surface area contributed by atoms with Gasteiger partial charge < -0.3 is 9.64 Å². The van der Waals surface area contributed by atoms with Gasteiger partial charge in [-0.2, -0.15) is 5.10 Å². The van der Waals surface area contributed by atoms with Gasteiger partial charge in [0.05, 0.1) is 18.3 Å². The molecule has 2 aliphatic heterocycles. The van der Waals surface area contributed by atoms with Gasteiger partial charge in [-0.3, -0.25) is 14.4 Å². The van der Waals surface area contributed by atoms with E-state index < -0.39 is 0 Å². The van der Waals surface area contributed by atoms with Crippen molar-refractivity contribution in [2.45, 2.75) is 37.8 Å². The largest absolute Gasteiger partial charge is 0.380 e. The third-order valence-electron chi connectivity index (χ3n) is 4.85. The van der Waals surface area contributed by atoms with Crippen molar-refractivity contribution in [3.63, 3.8) is 0 Å². The molecule has 1 amide bonds. The van der Waals surface area contributed by atoms with Gasteiger partial charge in [0.2, 0.25) is 5.91 Å². The van der Waals surface area contributed by atoms with Crippen LogP contribution in [0.25, 0.3) is 0 Å². The van der Waals surface area contributed by atoms with Crippen LogP contribution in [0.4, 0.5) is 0 Å². The molecule has 6 nitrogen and oxygen atoms in total. The Morgan fingerprint density at radius 3 is 2.82 bits per heavy atom. The summed E-state index contributed by atoms with van der Waals surface area (Å²) in [7, 11) is 3.67. The lowest BCUT2D eigenvalue weighted by Crippen LogP contribution is -2.45. The first kappa shape index (κ1) is 15.5. The van der Waals surface area contributed by atoms with Crippen molar-refractivity contribution in [1.29, 1.82) is 0 Å². The number of methoxy groups -OCH3 is 1. The predicted molar refractivity (Wildman–Crippen MR) is 83.5 cm³/mol. The maximum atomic E-state index is 12.7. The second-order valence-corrected chi connectivity index (χ2v) is 6.41. The normalized spacial score (nSPS) is 26.0. The summed E-state index contributed by atoms with van der Waals surface area (Å²) in [6.45, 7) is 3.57. The van der Waals surface area contributed by atoms with Crippen LogP contribution < -0.4 is 0 Å². The molecule has 6 heteroatoms. The van der Waals surface area contributed by atoms with E-state index >= 15 is 0 Å².